The summed E-state index contributed by atoms with van der Waals surface area (Å²) in [7, 11) is -0.362. The number of carbonyl (C=O) groups excluding carboxylic acids is 1. The van der Waals surface area contributed by atoms with Crippen LogP contribution in [0.5, 0.6) is 0 Å². The van der Waals surface area contributed by atoms with E-state index in [9.17, 15) is 4.79 Å². The minimum absolute atomic E-state index is 0.248. The molecule has 1 unspecified atom stereocenters. The zero-order valence-corrected chi connectivity index (χ0v) is 11.0. The first-order valence-corrected chi connectivity index (χ1v) is 7.49. The molecule has 0 aromatic rings. The normalized spacial score (nSPS) is 14.4. The van der Waals surface area contributed by atoms with Gasteiger partial charge in [-0.05, 0) is 19.5 Å². The van der Waals surface area contributed by atoms with Gasteiger partial charge in [-0.2, -0.15) is 0 Å². The summed E-state index contributed by atoms with van der Waals surface area (Å²) in [4.78, 5) is 11.0. The van der Waals surface area contributed by atoms with Crippen molar-refractivity contribution < 1.29 is 18.4 Å². The highest BCUT2D eigenvalue weighted by molar-refractivity contribution is 6.65. The van der Waals surface area contributed by atoms with Crippen LogP contribution in [-0.4, -0.2) is 34.9 Å². The summed E-state index contributed by atoms with van der Waals surface area (Å²) in [6, 6.07) is 0.873. The van der Waals surface area contributed by atoms with Gasteiger partial charge in [0.15, 0.2) is 0 Å². The summed E-state index contributed by atoms with van der Waals surface area (Å²) in [5.41, 5.74) is 0.400. The third-order valence-electron chi connectivity index (χ3n) is 2.15. The molecule has 0 spiro atoms. The second-order valence-corrected chi connectivity index (χ2v) is 7.13. The van der Waals surface area contributed by atoms with E-state index in [4.69, 9.17) is 13.6 Å². The molecule has 1 atom stereocenters. The SMILES string of the molecule is C=C(C)C(=O)OCCO[Si](C)(CC)OC. The first-order chi connectivity index (χ1) is 6.95. The van der Waals surface area contributed by atoms with E-state index < -0.39 is 8.56 Å². The summed E-state index contributed by atoms with van der Waals surface area (Å²) < 4.78 is 15.8. The molecule has 0 heterocycles. The molecule has 88 valence electrons. The van der Waals surface area contributed by atoms with Gasteiger partial charge in [0.2, 0.25) is 0 Å². The van der Waals surface area contributed by atoms with Gasteiger partial charge in [0, 0.05) is 12.7 Å². The molecule has 4 nitrogen and oxygen atoms in total. The minimum atomic E-state index is -2.01. The van der Waals surface area contributed by atoms with Crippen molar-refractivity contribution in [1.82, 2.24) is 0 Å². The Morgan fingerprint density at radius 1 is 1.40 bits per heavy atom. The highest BCUT2D eigenvalue weighted by Gasteiger charge is 2.27. The van der Waals surface area contributed by atoms with E-state index in [0.29, 0.717) is 12.2 Å². The van der Waals surface area contributed by atoms with Gasteiger partial charge >= 0.3 is 14.5 Å². The molecule has 0 N–H and O–H groups in total. The van der Waals surface area contributed by atoms with Crippen molar-refractivity contribution in [3.8, 4) is 0 Å². The highest BCUT2D eigenvalue weighted by Crippen LogP contribution is 2.10. The van der Waals surface area contributed by atoms with E-state index in [-0.39, 0.29) is 12.6 Å². The van der Waals surface area contributed by atoms with Crippen molar-refractivity contribution in [3.05, 3.63) is 12.2 Å². The number of hydrogen-bond donors (Lipinski definition) is 0. The molecule has 0 amide bonds. The molecular weight excluding hydrogens is 212 g/mol. The molecule has 0 aliphatic carbocycles. The molecule has 0 aromatic carbocycles. The van der Waals surface area contributed by atoms with E-state index in [1.807, 2.05) is 13.5 Å². The number of esters is 1. The van der Waals surface area contributed by atoms with Crippen LogP contribution < -0.4 is 0 Å². The van der Waals surface area contributed by atoms with E-state index in [1.165, 1.54) is 0 Å². The topological polar surface area (TPSA) is 44.8 Å². The molecule has 0 aromatic heterocycles. The lowest BCUT2D eigenvalue weighted by Gasteiger charge is -2.23. The minimum Gasteiger partial charge on any atom is -0.460 e. The van der Waals surface area contributed by atoms with Gasteiger partial charge in [0.05, 0.1) is 6.61 Å². The Morgan fingerprint density at radius 2 is 2.00 bits per heavy atom. The molecule has 0 radical (unpaired) electrons. The second kappa shape index (κ2) is 6.76. The highest BCUT2D eigenvalue weighted by atomic mass is 28.4. The van der Waals surface area contributed by atoms with Crippen molar-refractivity contribution >= 4 is 14.5 Å². The maximum absolute atomic E-state index is 11.0. The summed E-state index contributed by atoms with van der Waals surface area (Å²) in [5.74, 6) is -0.379. The first kappa shape index (κ1) is 14.3. The van der Waals surface area contributed by atoms with Gasteiger partial charge in [0.1, 0.15) is 6.61 Å². The molecule has 0 saturated carbocycles. The molecule has 0 bridgehead atoms. The quantitative estimate of drug-likeness (QED) is 0.291. The van der Waals surface area contributed by atoms with Crippen LogP contribution in [0.2, 0.25) is 12.6 Å². The lowest BCUT2D eigenvalue weighted by Crippen LogP contribution is -2.37. The van der Waals surface area contributed by atoms with Gasteiger partial charge in [-0.1, -0.05) is 13.5 Å². The Balaban J connectivity index is 3.71. The van der Waals surface area contributed by atoms with Crippen LogP contribution >= 0.6 is 0 Å². The van der Waals surface area contributed by atoms with E-state index in [0.717, 1.165) is 6.04 Å². The van der Waals surface area contributed by atoms with Gasteiger partial charge in [-0.3, -0.25) is 0 Å². The summed E-state index contributed by atoms with van der Waals surface area (Å²) >= 11 is 0. The van der Waals surface area contributed by atoms with Crippen molar-refractivity contribution in [3.63, 3.8) is 0 Å². The van der Waals surface area contributed by atoms with Crippen LogP contribution in [0.4, 0.5) is 0 Å². The Kier molecular flexibility index (Phi) is 6.47. The van der Waals surface area contributed by atoms with Gasteiger partial charge in [0.25, 0.3) is 0 Å². The van der Waals surface area contributed by atoms with Crippen molar-refractivity contribution in [1.29, 1.82) is 0 Å². The Morgan fingerprint density at radius 3 is 2.40 bits per heavy atom. The van der Waals surface area contributed by atoms with Crippen LogP contribution in [0.15, 0.2) is 12.2 Å². The lowest BCUT2D eigenvalue weighted by atomic mass is 10.4. The number of hydrogen-bond acceptors (Lipinski definition) is 4. The van der Waals surface area contributed by atoms with Crippen molar-refractivity contribution in [2.45, 2.75) is 26.4 Å². The summed E-state index contributed by atoms with van der Waals surface area (Å²) in [6.45, 7) is 9.73. The fourth-order valence-corrected chi connectivity index (χ4v) is 1.95. The summed E-state index contributed by atoms with van der Waals surface area (Å²) in [6.07, 6.45) is 0. The zero-order valence-electron chi connectivity index (χ0n) is 9.96. The standard InChI is InChI=1S/C10H20O4Si/c1-6-15(5,12-4)14-8-7-13-10(11)9(2)3/h2,6-8H2,1,3-5H3. The van der Waals surface area contributed by atoms with E-state index in [2.05, 4.69) is 6.58 Å². The molecule has 0 rings (SSSR count). The Bertz CT molecular complexity index is 223. The fourth-order valence-electron chi connectivity index (χ4n) is 0.820. The van der Waals surface area contributed by atoms with Crippen LogP contribution in [0.3, 0.4) is 0 Å². The third-order valence-corrected chi connectivity index (χ3v) is 5.11. The monoisotopic (exact) mass is 232 g/mol. The number of carbonyl (C=O) groups is 1. The molecule has 0 saturated heterocycles. The predicted octanol–water partition coefficient (Wildman–Crippen LogP) is 1.86. The average Bonchev–Trinajstić information content (AvgIpc) is 2.23. The average molecular weight is 232 g/mol. The van der Waals surface area contributed by atoms with Crippen molar-refractivity contribution in [2.24, 2.45) is 0 Å². The van der Waals surface area contributed by atoms with Crippen LogP contribution in [0.25, 0.3) is 0 Å². The molecule has 5 heteroatoms. The second-order valence-electron chi connectivity index (χ2n) is 3.46. The smallest absolute Gasteiger partial charge is 0.334 e. The molecular formula is C10H20O4Si. The van der Waals surface area contributed by atoms with Gasteiger partial charge < -0.3 is 13.6 Å². The van der Waals surface area contributed by atoms with Gasteiger partial charge in [-0.15, -0.1) is 0 Å². The largest absolute Gasteiger partial charge is 0.460 e. The summed E-state index contributed by atoms with van der Waals surface area (Å²) in [5, 5.41) is 0. The maximum atomic E-state index is 11.0. The lowest BCUT2D eigenvalue weighted by molar-refractivity contribution is -0.139. The molecule has 0 aliphatic rings. The fraction of sp³-hybridized carbons (Fsp3) is 0.700. The molecule has 0 fully saturated rings. The maximum Gasteiger partial charge on any atom is 0.334 e. The third kappa shape index (κ3) is 5.71. The first-order valence-electron chi connectivity index (χ1n) is 4.97. The van der Waals surface area contributed by atoms with Crippen LogP contribution in [0.1, 0.15) is 13.8 Å². The zero-order chi connectivity index (χ0) is 11.9. The number of rotatable bonds is 7. The van der Waals surface area contributed by atoms with Crippen molar-refractivity contribution in [2.75, 3.05) is 20.3 Å². The predicted molar refractivity (Wildman–Crippen MR) is 60.8 cm³/mol. The van der Waals surface area contributed by atoms with Crippen LogP contribution in [0, 0.1) is 0 Å². The number of ether oxygens (including phenoxy) is 1. The Hall–Kier alpha value is -0.653. The van der Waals surface area contributed by atoms with Crippen LogP contribution in [-0.2, 0) is 18.4 Å². The molecule has 0 aliphatic heterocycles. The molecule has 15 heavy (non-hydrogen) atoms. The van der Waals surface area contributed by atoms with E-state index >= 15 is 0 Å². The Labute approximate surface area is 92.5 Å². The van der Waals surface area contributed by atoms with E-state index in [1.54, 1.807) is 14.0 Å². The van der Waals surface area contributed by atoms with Gasteiger partial charge in [-0.25, -0.2) is 4.79 Å².